The molecule has 6 rings (SSSR count). The zero-order valence-corrected chi connectivity index (χ0v) is 17.4. The number of hydrogen-bond donors (Lipinski definition) is 1. The van der Waals surface area contributed by atoms with Crippen molar-refractivity contribution in [1.29, 1.82) is 0 Å². The van der Waals surface area contributed by atoms with E-state index in [1.165, 1.54) is 4.52 Å². The maximum absolute atomic E-state index is 13.3. The van der Waals surface area contributed by atoms with Crippen molar-refractivity contribution < 1.29 is 4.79 Å². The van der Waals surface area contributed by atoms with Crippen LogP contribution in [0.3, 0.4) is 0 Å². The molecule has 1 N–H and O–H groups in total. The second-order valence-corrected chi connectivity index (χ2v) is 8.04. The number of fused-ring (bicyclic) bond motifs is 3. The highest BCUT2D eigenvalue weighted by molar-refractivity contribution is 6.04. The van der Waals surface area contributed by atoms with Crippen LogP contribution in [0.4, 0.5) is 0 Å². The number of aryl methyl sites for hydroxylation is 1. The van der Waals surface area contributed by atoms with E-state index in [0.717, 1.165) is 27.9 Å². The molecule has 32 heavy (non-hydrogen) atoms. The monoisotopic (exact) mass is 424 g/mol. The van der Waals surface area contributed by atoms with E-state index in [4.69, 9.17) is 4.98 Å². The lowest BCUT2D eigenvalue weighted by Gasteiger charge is -2.27. The van der Waals surface area contributed by atoms with Gasteiger partial charge in [0.25, 0.3) is 11.5 Å². The third kappa shape index (κ3) is 2.76. The van der Waals surface area contributed by atoms with E-state index in [-0.39, 0.29) is 18.0 Å². The second kappa shape index (κ2) is 6.91. The predicted octanol–water partition coefficient (Wildman–Crippen LogP) is 2.77. The molecule has 8 nitrogen and oxygen atoms in total. The smallest absolute Gasteiger partial charge is 0.277 e. The molecular formula is C24H20N6O2. The van der Waals surface area contributed by atoms with E-state index in [1.807, 2.05) is 67.7 Å². The van der Waals surface area contributed by atoms with Gasteiger partial charge < -0.3 is 4.90 Å². The quantitative estimate of drug-likeness (QED) is 0.472. The molecule has 0 fully saturated rings. The number of rotatable bonds is 2. The van der Waals surface area contributed by atoms with E-state index >= 15 is 0 Å². The molecule has 1 amide bonds. The largest absolute Gasteiger partial charge is 0.332 e. The number of hydrogen-bond acceptors (Lipinski definition) is 4. The summed E-state index contributed by atoms with van der Waals surface area (Å²) in [5.74, 6) is -0.173. The number of H-pyrrole nitrogens is 1. The maximum Gasteiger partial charge on any atom is 0.277 e. The Hall–Kier alpha value is -4.20. The minimum Gasteiger partial charge on any atom is -0.332 e. The fraction of sp³-hybridized carbons (Fsp3) is 0.167. The number of nitrogens with one attached hydrogen (secondary N) is 1. The first-order valence-corrected chi connectivity index (χ1v) is 10.5. The summed E-state index contributed by atoms with van der Waals surface area (Å²) >= 11 is 0. The van der Waals surface area contributed by atoms with Gasteiger partial charge in [-0.25, -0.2) is 9.50 Å². The molecule has 1 aliphatic heterocycles. The van der Waals surface area contributed by atoms with Crippen molar-refractivity contribution in [2.24, 2.45) is 7.05 Å². The van der Waals surface area contributed by atoms with E-state index < -0.39 is 0 Å². The first-order valence-electron chi connectivity index (χ1n) is 10.5. The summed E-state index contributed by atoms with van der Waals surface area (Å²) in [5, 5.41) is 8.42. The standard InChI is InChI=1S/C24H20N6O2/c1-28-20-10-6-5-9-16(20)22(27-28)24(32)29-12-11-18-17(14-29)23(31)30-21(25-18)13-19(26-30)15-7-3-2-4-8-15/h2-10,13,26H,11-12,14H2,1H3. The van der Waals surface area contributed by atoms with Crippen LogP contribution in [-0.4, -0.2) is 41.7 Å². The highest BCUT2D eigenvalue weighted by Gasteiger charge is 2.28. The first kappa shape index (κ1) is 18.6. The summed E-state index contributed by atoms with van der Waals surface area (Å²) in [7, 11) is 1.83. The molecule has 0 saturated heterocycles. The van der Waals surface area contributed by atoms with Crippen molar-refractivity contribution in [3.8, 4) is 11.3 Å². The molecule has 0 atom stereocenters. The fourth-order valence-corrected chi connectivity index (χ4v) is 4.44. The molecule has 0 unspecified atom stereocenters. The van der Waals surface area contributed by atoms with Gasteiger partial charge in [-0.3, -0.25) is 19.4 Å². The molecule has 158 valence electrons. The number of amides is 1. The molecule has 4 heterocycles. The Morgan fingerprint density at radius 1 is 1.06 bits per heavy atom. The summed E-state index contributed by atoms with van der Waals surface area (Å²) in [4.78, 5) is 33.0. The van der Waals surface area contributed by atoms with Gasteiger partial charge in [-0.05, 0) is 11.6 Å². The molecule has 0 spiro atoms. The highest BCUT2D eigenvalue weighted by atomic mass is 16.2. The SMILES string of the molecule is Cn1nc(C(=O)N2CCc3nc4cc(-c5ccccc5)[nH]n4c(=O)c3C2)c2ccccc21. The average Bonchev–Trinajstić information content (AvgIpc) is 3.41. The molecule has 2 aromatic carbocycles. The van der Waals surface area contributed by atoms with Crippen molar-refractivity contribution >= 4 is 22.5 Å². The summed E-state index contributed by atoms with van der Waals surface area (Å²) in [5.41, 5.74) is 4.83. The molecule has 1 aliphatic rings. The van der Waals surface area contributed by atoms with E-state index in [9.17, 15) is 9.59 Å². The topological polar surface area (TPSA) is 88.3 Å². The molecule has 8 heteroatoms. The summed E-state index contributed by atoms with van der Waals surface area (Å²) in [6, 6.07) is 19.4. The molecule has 0 bridgehead atoms. The normalized spacial score (nSPS) is 13.6. The van der Waals surface area contributed by atoms with Crippen LogP contribution in [0.15, 0.2) is 65.5 Å². The van der Waals surface area contributed by atoms with Crippen molar-refractivity contribution in [1.82, 2.24) is 29.3 Å². The van der Waals surface area contributed by atoms with Gasteiger partial charge in [-0.1, -0.05) is 48.5 Å². The molecule has 0 saturated carbocycles. The summed E-state index contributed by atoms with van der Waals surface area (Å²) in [6.45, 7) is 0.711. The number of aromatic nitrogens is 5. The third-order valence-electron chi connectivity index (χ3n) is 6.09. The van der Waals surface area contributed by atoms with E-state index in [1.54, 1.807) is 9.58 Å². The summed E-state index contributed by atoms with van der Waals surface area (Å²) < 4.78 is 3.18. The average molecular weight is 424 g/mol. The highest BCUT2D eigenvalue weighted by Crippen LogP contribution is 2.23. The van der Waals surface area contributed by atoms with Crippen LogP contribution >= 0.6 is 0 Å². The summed E-state index contributed by atoms with van der Waals surface area (Å²) in [6.07, 6.45) is 0.531. The van der Waals surface area contributed by atoms with Gasteiger partial charge >= 0.3 is 0 Å². The number of nitrogens with zero attached hydrogens (tertiary/aromatic N) is 5. The van der Waals surface area contributed by atoms with Gasteiger partial charge in [0.2, 0.25) is 0 Å². The van der Waals surface area contributed by atoms with Crippen LogP contribution in [-0.2, 0) is 20.0 Å². The maximum atomic E-state index is 13.3. The van der Waals surface area contributed by atoms with Gasteiger partial charge in [0.15, 0.2) is 11.3 Å². The minimum absolute atomic E-state index is 0.171. The Balaban J connectivity index is 1.38. The van der Waals surface area contributed by atoms with Crippen LogP contribution in [0, 0.1) is 0 Å². The van der Waals surface area contributed by atoms with Crippen LogP contribution in [0.5, 0.6) is 0 Å². The van der Waals surface area contributed by atoms with Crippen molar-refractivity contribution in [2.45, 2.75) is 13.0 Å². The van der Waals surface area contributed by atoms with Crippen molar-refractivity contribution in [3.63, 3.8) is 0 Å². The second-order valence-electron chi connectivity index (χ2n) is 8.04. The zero-order valence-electron chi connectivity index (χ0n) is 17.4. The Labute approximate surface area is 182 Å². The molecule has 0 aliphatic carbocycles. The molecule has 0 radical (unpaired) electrons. The fourth-order valence-electron chi connectivity index (χ4n) is 4.44. The van der Waals surface area contributed by atoms with Gasteiger partial charge in [-0.15, -0.1) is 0 Å². The Kier molecular flexibility index (Phi) is 4.01. The lowest BCUT2D eigenvalue weighted by Crippen LogP contribution is -2.40. The molecule has 5 aromatic rings. The number of benzene rings is 2. The molecular weight excluding hydrogens is 404 g/mol. The third-order valence-corrected chi connectivity index (χ3v) is 6.09. The first-order chi connectivity index (χ1) is 15.6. The van der Waals surface area contributed by atoms with E-state index in [2.05, 4.69) is 10.2 Å². The minimum atomic E-state index is -0.173. The number of aromatic amines is 1. The van der Waals surface area contributed by atoms with Crippen molar-refractivity contribution in [3.05, 3.63) is 88.0 Å². The lowest BCUT2D eigenvalue weighted by molar-refractivity contribution is 0.0727. The molecule has 3 aromatic heterocycles. The van der Waals surface area contributed by atoms with Crippen LogP contribution < -0.4 is 5.56 Å². The van der Waals surface area contributed by atoms with Crippen molar-refractivity contribution in [2.75, 3.05) is 6.54 Å². The van der Waals surface area contributed by atoms with E-state index in [0.29, 0.717) is 29.9 Å². The van der Waals surface area contributed by atoms with Crippen LogP contribution in [0.1, 0.15) is 21.7 Å². The van der Waals surface area contributed by atoms with Crippen LogP contribution in [0.2, 0.25) is 0 Å². The Morgan fingerprint density at radius 3 is 2.69 bits per heavy atom. The number of carbonyl (C=O) groups is 1. The van der Waals surface area contributed by atoms with Crippen LogP contribution in [0.25, 0.3) is 27.8 Å². The van der Waals surface area contributed by atoms with Gasteiger partial charge in [-0.2, -0.15) is 5.10 Å². The Bertz CT molecular complexity index is 1560. The predicted molar refractivity (Wildman–Crippen MR) is 120 cm³/mol. The number of carbonyl (C=O) groups excluding carboxylic acids is 1. The lowest BCUT2D eigenvalue weighted by atomic mass is 10.1. The van der Waals surface area contributed by atoms with Gasteiger partial charge in [0.05, 0.1) is 29.0 Å². The Morgan fingerprint density at radius 2 is 1.84 bits per heavy atom. The number of para-hydroxylation sites is 1. The van der Waals surface area contributed by atoms with Gasteiger partial charge in [0, 0.05) is 31.5 Å². The zero-order chi connectivity index (χ0) is 21.8. The van der Waals surface area contributed by atoms with Gasteiger partial charge in [0.1, 0.15) is 0 Å².